The SMILES string of the molecule is CN(CC1(CC(=O)O)CC1)C1CC1. The van der Waals surface area contributed by atoms with Gasteiger partial charge >= 0.3 is 5.97 Å². The van der Waals surface area contributed by atoms with Crippen molar-refractivity contribution in [2.24, 2.45) is 5.41 Å². The van der Waals surface area contributed by atoms with Gasteiger partial charge in [0.05, 0.1) is 6.42 Å². The Hall–Kier alpha value is -0.570. The van der Waals surface area contributed by atoms with Gasteiger partial charge in [0.15, 0.2) is 0 Å². The number of rotatable bonds is 5. The molecule has 2 fully saturated rings. The van der Waals surface area contributed by atoms with Crippen molar-refractivity contribution in [1.29, 1.82) is 0 Å². The van der Waals surface area contributed by atoms with E-state index in [1.807, 2.05) is 0 Å². The minimum absolute atomic E-state index is 0.142. The van der Waals surface area contributed by atoms with E-state index in [1.54, 1.807) is 0 Å². The molecule has 3 heteroatoms. The first kappa shape index (κ1) is 9.00. The highest BCUT2D eigenvalue weighted by Gasteiger charge is 2.46. The molecule has 2 aliphatic rings. The Morgan fingerprint density at radius 3 is 2.54 bits per heavy atom. The first-order chi connectivity index (χ1) is 6.11. The summed E-state index contributed by atoms with van der Waals surface area (Å²) in [7, 11) is 2.12. The van der Waals surface area contributed by atoms with Gasteiger partial charge in [0.1, 0.15) is 0 Å². The van der Waals surface area contributed by atoms with Crippen LogP contribution in [0, 0.1) is 5.41 Å². The quantitative estimate of drug-likeness (QED) is 0.699. The van der Waals surface area contributed by atoms with Crippen molar-refractivity contribution in [2.45, 2.75) is 38.1 Å². The van der Waals surface area contributed by atoms with Gasteiger partial charge in [-0.25, -0.2) is 0 Å². The van der Waals surface area contributed by atoms with Crippen LogP contribution < -0.4 is 0 Å². The zero-order chi connectivity index (χ0) is 9.47. The fourth-order valence-corrected chi connectivity index (χ4v) is 2.06. The predicted octanol–water partition coefficient (Wildman–Crippen LogP) is 1.34. The van der Waals surface area contributed by atoms with Gasteiger partial charge < -0.3 is 10.0 Å². The first-order valence-corrected chi connectivity index (χ1v) is 5.03. The molecule has 2 aliphatic carbocycles. The first-order valence-electron chi connectivity index (χ1n) is 5.03. The molecule has 74 valence electrons. The molecular formula is C10H17NO2. The molecule has 0 aliphatic heterocycles. The molecule has 2 saturated carbocycles. The lowest BCUT2D eigenvalue weighted by Crippen LogP contribution is -2.29. The molecule has 3 nitrogen and oxygen atoms in total. The van der Waals surface area contributed by atoms with Crippen LogP contribution in [0.4, 0.5) is 0 Å². The molecule has 0 aromatic carbocycles. The molecule has 13 heavy (non-hydrogen) atoms. The van der Waals surface area contributed by atoms with Gasteiger partial charge in [-0.3, -0.25) is 4.79 Å². The molecule has 0 aromatic heterocycles. The summed E-state index contributed by atoms with van der Waals surface area (Å²) in [6, 6.07) is 0.756. The van der Waals surface area contributed by atoms with Crippen LogP contribution in [0.15, 0.2) is 0 Å². The summed E-state index contributed by atoms with van der Waals surface area (Å²) in [6.45, 7) is 0.990. The Balaban J connectivity index is 1.81. The fraction of sp³-hybridized carbons (Fsp3) is 0.900. The Kier molecular flexibility index (Phi) is 2.06. The van der Waals surface area contributed by atoms with Crippen LogP contribution in [-0.4, -0.2) is 35.6 Å². The van der Waals surface area contributed by atoms with Crippen LogP contribution in [0.5, 0.6) is 0 Å². The van der Waals surface area contributed by atoms with Crippen molar-refractivity contribution in [3.8, 4) is 0 Å². The second-order valence-electron chi connectivity index (χ2n) is 4.72. The molecule has 0 radical (unpaired) electrons. The lowest BCUT2D eigenvalue weighted by atomic mass is 10.0. The van der Waals surface area contributed by atoms with E-state index in [1.165, 1.54) is 12.8 Å². The zero-order valence-electron chi connectivity index (χ0n) is 8.12. The van der Waals surface area contributed by atoms with Gasteiger partial charge in [0.2, 0.25) is 0 Å². The van der Waals surface area contributed by atoms with E-state index in [9.17, 15) is 4.79 Å². The summed E-state index contributed by atoms with van der Waals surface area (Å²) < 4.78 is 0. The largest absolute Gasteiger partial charge is 0.481 e. The maximum Gasteiger partial charge on any atom is 0.303 e. The average Bonchev–Trinajstić information content (AvgIpc) is 2.76. The highest BCUT2D eigenvalue weighted by Crippen LogP contribution is 2.50. The highest BCUT2D eigenvalue weighted by molar-refractivity contribution is 5.68. The smallest absolute Gasteiger partial charge is 0.303 e. The summed E-state index contributed by atoms with van der Waals surface area (Å²) in [5, 5.41) is 8.74. The summed E-state index contributed by atoms with van der Waals surface area (Å²) in [5.74, 6) is -0.637. The Labute approximate surface area is 78.7 Å². The maximum atomic E-state index is 10.6. The van der Waals surface area contributed by atoms with E-state index >= 15 is 0 Å². The Morgan fingerprint density at radius 2 is 2.15 bits per heavy atom. The summed E-state index contributed by atoms with van der Waals surface area (Å²) in [4.78, 5) is 12.9. The van der Waals surface area contributed by atoms with Crippen molar-refractivity contribution >= 4 is 5.97 Å². The molecule has 0 aromatic rings. The summed E-state index contributed by atoms with van der Waals surface area (Å²) in [5.41, 5.74) is 0.142. The third-order valence-electron chi connectivity index (χ3n) is 3.24. The van der Waals surface area contributed by atoms with Gasteiger partial charge in [-0.1, -0.05) is 0 Å². The molecular weight excluding hydrogens is 166 g/mol. The number of aliphatic carboxylic acids is 1. The van der Waals surface area contributed by atoms with E-state index in [4.69, 9.17) is 5.11 Å². The molecule has 0 amide bonds. The number of carboxylic acid groups (broad SMARTS) is 1. The second-order valence-corrected chi connectivity index (χ2v) is 4.72. The van der Waals surface area contributed by atoms with E-state index in [2.05, 4.69) is 11.9 Å². The molecule has 0 bridgehead atoms. The predicted molar refractivity (Wildman–Crippen MR) is 49.6 cm³/mol. The number of carboxylic acids is 1. The van der Waals surface area contributed by atoms with Crippen LogP contribution in [0.2, 0.25) is 0 Å². The van der Waals surface area contributed by atoms with Crippen molar-refractivity contribution in [3.05, 3.63) is 0 Å². The van der Waals surface area contributed by atoms with Gasteiger partial charge in [-0.05, 0) is 38.1 Å². The van der Waals surface area contributed by atoms with E-state index in [0.29, 0.717) is 6.42 Å². The second kappa shape index (κ2) is 2.98. The lowest BCUT2D eigenvalue weighted by Gasteiger charge is -2.21. The minimum atomic E-state index is -0.637. The van der Waals surface area contributed by atoms with Crippen LogP contribution in [0.3, 0.4) is 0 Å². The van der Waals surface area contributed by atoms with Crippen molar-refractivity contribution in [2.75, 3.05) is 13.6 Å². The van der Waals surface area contributed by atoms with Gasteiger partial charge in [0.25, 0.3) is 0 Å². The third-order valence-corrected chi connectivity index (χ3v) is 3.24. The third kappa shape index (κ3) is 2.21. The monoisotopic (exact) mass is 183 g/mol. The van der Waals surface area contributed by atoms with Crippen LogP contribution in [0.25, 0.3) is 0 Å². The molecule has 0 saturated heterocycles. The van der Waals surface area contributed by atoms with Crippen LogP contribution in [-0.2, 0) is 4.79 Å². The number of nitrogens with zero attached hydrogens (tertiary/aromatic N) is 1. The number of hydrogen-bond donors (Lipinski definition) is 1. The Bertz CT molecular complexity index is 219. The standard InChI is InChI=1S/C10H17NO2/c1-11(8-2-3-8)7-10(4-5-10)6-9(12)13/h8H,2-7H2,1H3,(H,12,13). The van der Waals surface area contributed by atoms with E-state index in [-0.39, 0.29) is 5.41 Å². The van der Waals surface area contributed by atoms with Gasteiger partial charge in [0, 0.05) is 12.6 Å². The van der Waals surface area contributed by atoms with Gasteiger partial charge in [-0.15, -0.1) is 0 Å². The number of carbonyl (C=O) groups is 1. The van der Waals surface area contributed by atoms with Crippen LogP contribution in [0.1, 0.15) is 32.1 Å². The minimum Gasteiger partial charge on any atom is -0.481 e. The summed E-state index contributed by atoms with van der Waals surface area (Å²) in [6.07, 6.45) is 5.19. The fourth-order valence-electron chi connectivity index (χ4n) is 2.06. The van der Waals surface area contributed by atoms with Gasteiger partial charge in [-0.2, -0.15) is 0 Å². The van der Waals surface area contributed by atoms with Crippen molar-refractivity contribution in [3.63, 3.8) is 0 Å². The number of hydrogen-bond acceptors (Lipinski definition) is 2. The molecule has 1 N–H and O–H groups in total. The zero-order valence-corrected chi connectivity index (χ0v) is 8.12. The molecule has 0 atom stereocenters. The maximum absolute atomic E-state index is 10.6. The summed E-state index contributed by atoms with van der Waals surface area (Å²) >= 11 is 0. The molecule has 2 rings (SSSR count). The lowest BCUT2D eigenvalue weighted by molar-refractivity contribution is -0.138. The average molecular weight is 183 g/mol. The Morgan fingerprint density at radius 1 is 1.54 bits per heavy atom. The van der Waals surface area contributed by atoms with Crippen molar-refractivity contribution in [1.82, 2.24) is 4.90 Å². The van der Waals surface area contributed by atoms with E-state index < -0.39 is 5.97 Å². The topological polar surface area (TPSA) is 40.5 Å². The molecule has 0 unspecified atom stereocenters. The normalized spacial score (nSPS) is 24.8. The van der Waals surface area contributed by atoms with Crippen LogP contribution >= 0.6 is 0 Å². The molecule has 0 spiro atoms. The van der Waals surface area contributed by atoms with Crippen molar-refractivity contribution < 1.29 is 9.90 Å². The highest BCUT2D eigenvalue weighted by atomic mass is 16.4. The molecule has 0 heterocycles. The van der Waals surface area contributed by atoms with E-state index in [0.717, 1.165) is 25.4 Å².